The zero-order chi connectivity index (χ0) is 11.3. The summed E-state index contributed by atoms with van der Waals surface area (Å²) < 4.78 is 4.27. The van der Waals surface area contributed by atoms with Crippen molar-refractivity contribution in [1.82, 2.24) is 0 Å². The molecule has 15 heavy (non-hydrogen) atoms. The van der Waals surface area contributed by atoms with Crippen LogP contribution in [0.1, 0.15) is 18.1 Å². The molecule has 78 valence electrons. The summed E-state index contributed by atoms with van der Waals surface area (Å²) >= 11 is 0. The Labute approximate surface area is 89.9 Å². The molecule has 0 radical (unpaired) electrons. The second kappa shape index (κ2) is 5.15. The molecule has 0 atom stereocenters. The van der Waals surface area contributed by atoms with Gasteiger partial charge in [0.15, 0.2) is 0 Å². The summed E-state index contributed by atoms with van der Waals surface area (Å²) in [6.07, 6.45) is 4.24. The molecule has 0 unspecified atom stereocenters. The smallest absolute Gasteiger partial charge is 0.332 e. The molecule has 2 rings (SSSR count). The highest BCUT2D eigenvalue weighted by atomic mass is 16.5. The molecular formula is C13H14O2. The van der Waals surface area contributed by atoms with E-state index in [1.165, 1.54) is 18.2 Å². The molecule has 0 bridgehead atoms. The van der Waals surface area contributed by atoms with Crippen LogP contribution < -0.4 is 0 Å². The van der Waals surface area contributed by atoms with Gasteiger partial charge in [0.25, 0.3) is 0 Å². The molecular weight excluding hydrogens is 188 g/mol. The SMILES string of the molecule is C1=Cc2ccccc21.C=C(C)C(=O)OC. The molecule has 0 heterocycles. The zero-order valence-corrected chi connectivity index (χ0v) is 8.99. The zero-order valence-electron chi connectivity index (χ0n) is 8.99. The second-order valence-electron chi connectivity index (χ2n) is 3.23. The van der Waals surface area contributed by atoms with Crippen molar-refractivity contribution in [3.05, 3.63) is 47.5 Å². The van der Waals surface area contributed by atoms with Crippen molar-refractivity contribution in [2.24, 2.45) is 0 Å². The Bertz CT molecular complexity index is 378. The minimum absolute atomic E-state index is 0.347. The molecule has 0 saturated carbocycles. The van der Waals surface area contributed by atoms with E-state index in [2.05, 4.69) is 47.7 Å². The van der Waals surface area contributed by atoms with Crippen molar-refractivity contribution >= 4 is 18.1 Å². The van der Waals surface area contributed by atoms with Gasteiger partial charge in [-0.3, -0.25) is 0 Å². The fourth-order valence-corrected chi connectivity index (χ4v) is 1.07. The highest BCUT2D eigenvalue weighted by Crippen LogP contribution is 2.21. The van der Waals surface area contributed by atoms with Crippen LogP contribution in [0.3, 0.4) is 0 Å². The number of rotatable bonds is 1. The number of ether oxygens (including phenoxy) is 1. The molecule has 1 aliphatic carbocycles. The van der Waals surface area contributed by atoms with Crippen LogP contribution >= 0.6 is 0 Å². The summed E-state index contributed by atoms with van der Waals surface area (Å²) in [6.45, 7) is 4.95. The van der Waals surface area contributed by atoms with E-state index in [0.29, 0.717) is 5.57 Å². The number of fused-ring (bicyclic) bond motifs is 1. The van der Waals surface area contributed by atoms with E-state index >= 15 is 0 Å². The monoisotopic (exact) mass is 202 g/mol. The summed E-state index contributed by atoms with van der Waals surface area (Å²) in [7, 11) is 1.33. The van der Waals surface area contributed by atoms with E-state index in [1.54, 1.807) is 6.92 Å². The van der Waals surface area contributed by atoms with Crippen LogP contribution in [0.4, 0.5) is 0 Å². The summed E-state index contributed by atoms with van der Waals surface area (Å²) in [4.78, 5) is 10.2. The second-order valence-corrected chi connectivity index (χ2v) is 3.23. The Morgan fingerprint density at radius 3 is 1.80 bits per heavy atom. The first-order valence-corrected chi connectivity index (χ1v) is 4.66. The Kier molecular flexibility index (Phi) is 3.86. The number of carbonyl (C=O) groups excluding carboxylic acids is 1. The lowest BCUT2D eigenvalue weighted by Gasteiger charge is -2.06. The molecule has 0 amide bonds. The van der Waals surface area contributed by atoms with Crippen LogP contribution in [0.5, 0.6) is 0 Å². The number of methoxy groups -OCH3 is 1. The van der Waals surface area contributed by atoms with Crippen LogP contribution in [0.2, 0.25) is 0 Å². The first-order chi connectivity index (χ1) is 7.15. The molecule has 0 aromatic heterocycles. The van der Waals surface area contributed by atoms with Gasteiger partial charge in [-0.25, -0.2) is 4.79 Å². The summed E-state index contributed by atoms with van der Waals surface area (Å²) in [5.74, 6) is -0.347. The number of hydrogen-bond donors (Lipinski definition) is 0. The van der Waals surface area contributed by atoms with Gasteiger partial charge in [-0.05, 0) is 18.1 Å². The van der Waals surface area contributed by atoms with Crippen molar-refractivity contribution in [3.8, 4) is 0 Å². The fourth-order valence-electron chi connectivity index (χ4n) is 1.07. The molecule has 2 heteroatoms. The summed E-state index contributed by atoms with van der Waals surface area (Å²) in [5.41, 5.74) is 3.17. The van der Waals surface area contributed by atoms with Crippen LogP contribution in [0.15, 0.2) is 36.4 Å². The number of benzene rings is 1. The van der Waals surface area contributed by atoms with Gasteiger partial charge >= 0.3 is 5.97 Å². The van der Waals surface area contributed by atoms with Crippen LogP contribution in [-0.4, -0.2) is 13.1 Å². The topological polar surface area (TPSA) is 26.3 Å². The number of esters is 1. The molecule has 0 N–H and O–H groups in total. The van der Waals surface area contributed by atoms with Crippen molar-refractivity contribution in [3.63, 3.8) is 0 Å². The van der Waals surface area contributed by atoms with E-state index in [0.717, 1.165) is 0 Å². The third-order valence-corrected chi connectivity index (χ3v) is 1.97. The predicted octanol–water partition coefficient (Wildman–Crippen LogP) is 2.91. The molecule has 0 aliphatic heterocycles. The Morgan fingerprint density at radius 2 is 1.67 bits per heavy atom. The Morgan fingerprint density at radius 1 is 1.20 bits per heavy atom. The van der Waals surface area contributed by atoms with Gasteiger partial charge in [0.05, 0.1) is 7.11 Å². The lowest BCUT2D eigenvalue weighted by atomic mass is 9.99. The number of hydrogen-bond acceptors (Lipinski definition) is 2. The molecule has 0 saturated heterocycles. The van der Waals surface area contributed by atoms with Crippen LogP contribution in [-0.2, 0) is 9.53 Å². The van der Waals surface area contributed by atoms with Gasteiger partial charge < -0.3 is 4.74 Å². The van der Waals surface area contributed by atoms with E-state index in [4.69, 9.17) is 0 Å². The van der Waals surface area contributed by atoms with Gasteiger partial charge in [0.2, 0.25) is 0 Å². The minimum Gasteiger partial charge on any atom is -0.466 e. The average Bonchev–Trinajstić information content (AvgIpc) is 2.20. The molecule has 0 spiro atoms. The third kappa shape index (κ3) is 3.09. The largest absolute Gasteiger partial charge is 0.466 e. The van der Waals surface area contributed by atoms with E-state index in [9.17, 15) is 4.79 Å². The van der Waals surface area contributed by atoms with Crippen molar-refractivity contribution < 1.29 is 9.53 Å². The fraction of sp³-hybridized carbons (Fsp3) is 0.154. The van der Waals surface area contributed by atoms with Gasteiger partial charge in [0.1, 0.15) is 0 Å². The summed E-state index contributed by atoms with van der Waals surface area (Å²) in [5, 5.41) is 0. The highest BCUT2D eigenvalue weighted by Gasteiger charge is 1.99. The van der Waals surface area contributed by atoms with Gasteiger partial charge in [0, 0.05) is 5.57 Å². The maximum Gasteiger partial charge on any atom is 0.332 e. The summed E-state index contributed by atoms with van der Waals surface area (Å²) in [6, 6.07) is 8.36. The Balaban J connectivity index is 0.000000153. The average molecular weight is 202 g/mol. The van der Waals surface area contributed by atoms with Gasteiger partial charge in [-0.1, -0.05) is 43.0 Å². The van der Waals surface area contributed by atoms with Crippen LogP contribution in [0, 0.1) is 0 Å². The number of carbonyl (C=O) groups is 1. The predicted molar refractivity (Wildman–Crippen MR) is 62.2 cm³/mol. The lowest BCUT2D eigenvalue weighted by molar-refractivity contribution is -0.136. The maximum atomic E-state index is 10.2. The van der Waals surface area contributed by atoms with Crippen molar-refractivity contribution in [2.75, 3.05) is 7.11 Å². The molecule has 1 aromatic carbocycles. The maximum absolute atomic E-state index is 10.2. The van der Waals surface area contributed by atoms with Crippen molar-refractivity contribution in [2.45, 2.75) is 6.92 Å². The van der Waals surface area contributed by atoms with E-state index in [-0.39, 0.29) is 5.97 Å². The normalized spacial score (nSPS) is 10.3. The third-order valence-electron chi connectivity index (χ3n) is 1.97. The highest BCUT2D eigenvalue weighted by molar-refractivity contribution is 5.86. The molecule has 2 nitrogen and oxygen atoms in total. The standard InChI is InChI=1S/C8H6.C5H8O2/c1-2-4-8-6-5-7(8)3-1;1-4(2)5(6)7-3/h1-6H;1H2,2-3H3. The van der Waals surface area contributed by atoms with Crippen molar-refractivity contribution in [1.29, 1.82) is 0 Å². The molecule has 0 fully saturated rings. The van der Waals surface area contributed by atoms with E-state index in [1.807, 2.05) is 0 Å². The minimum atomic E-state index is -0.347. The first-order valence-electron chi connectivity index (χ1n) is 4.66. The molecule has 1 aliphatic rings. The van der Waals surface area contributed by atoms with Gasteiger partial charge in [-0.2, -0.15) is 0 Å². The van der Waals surface area contributed by atoms with Crippen LogP contribution in [0.25, 0.3) is 12.2 Å². The first kappa shape index (κ1) is 11.2. The Hall–Kier alpha value is -1.83. The van der Waals surface area contributed by atoms with Gasteiger partial charge in [-0.15, -0.1) is 0 Å². The lowest BCUT2D eigenvalue weighted by Crippen LogP contribution is -1.98. The van der Waals surface area contributed by atoms with E-state index < -0.39 is 0 Å². The quantitative estimate of drug-likeness (QED) is 0.525. The molecule has 1 aromatic rings.